The first-order valence-corrected chi connectivity index (χ1v) is 2.21. The normalized spacial score (nSPS) is 9.62. The van der Waals surface area contributed by atoms with E-state index >= 15 is 0 Å². The zero-order valence-corrected chi connectivity index (χ0v) is 4.26. The average molecular weight is 113 g/mol. The Balaban J connectivity index is 2.50. The van der Waals surface area contributed by atoms with E-state index < -0.39 is 0 Å². The lowest BCUT2D eigenvalue weighted by Crippen LogP contribution is -2.20. The standard InChI is InChI=1S/C3H7N5/c4-5-1-3-2-6-8-7-3/h2,5H,1,4H2,(H,6,7,8). The van der Waals surface area contributed by atoms with Crippen LogP contribution < -0.4 is 11.3 Å². The lowest BCUT2D eigenvalue weighted by molar-refractivity contribution is 0.718. The summed E-state index contributed by atoms with van der Waals surface area (Å²) in [6.07, 6.45) is 1.61. The number of rotatable bonds is 2. The number of hydrogen-bond donors (Lipinski definition) is 3. The quantitative estimate of drug-likeness (QED) is 0.331. The molecule has 5 heteroatoms. The van der Waals surface area contributed by atoms with Crippen molar-refractivity contribution in [2.75, 3.05) is 0 Å². The number of hydrogen-bond acceptors (Lipinski definition) is 4. The lowest BCUT2D eigenvalue weighted by Gasteiger charge is -1.87. The van der Waals surface area contributed by atoms with Crippen LogP contribution >= 0.6 is 0 Å². The molecule has 0 spiro atoms. The first-order chi connectivity index (χ1) is 3.93. The minimum atomic E-state index is 0.552. The third-order valence-corrected chi connectivity index (χ3v) is 0.748. The molecule has 0 aliphatic heterocycles. The Kier molecular flexibility index (Phi) is 1.55. The molecule has 0 amide bonds. The van der Waals surface area contributed by atoms with Gasteiger partial charge in [0.15, 0.2) is 0 Å². The van der Waals surface area contributed by atoms with E-state index in [2.05, 4.69) is 20.8 Å². The van der Waals surface area contributed by atoms with Crippen LogP contribution in [0.2, 0.25) is 0 Å². The topological polar surface area (TPSA) is 79.6 Å². The van der Waals surface area contributed by atoms with E-state index in [0.29, 0.717) is 6.54 Å². The van der Waals surface area contributed by atoms with Gasteiger partial charge < -0.3 is 0 Å². The molecule has 0 fully saturated rings. The molecule has 0 aromatic carbocycles. The number of aromatic nitrogens is 3. The second-order valence-electron chi connectivity index (χ2n) is 1.34. The first-order valence-electron chi connectivity index (χ1n) is 2.21. The molecule has 8 heavy (non-hydrogen) atoms. The van der Waals surface area contributed by atoms with E-state index in [1.807, 2.05) is 0 Å². The largest absolute Gasteiger partial charge is 0.271 e. The molecule has 0 atom stereocenters. The molecule has 0 unspecified atom stereocenters. The molecule has 1 rings (SSSR count). The number of H-pyrrole nitrogens is 1. The number of aromatic amines is 1. The summed E-state index contributed by atoms with van der Waals surface area (Å²) in [6.45, 7) is 0.552. The van der Waals surface area contributed by atoms with Crippen LogP contribution in [-0.2, 0) is 6.54 Å². The Bertz CT molecular complexity index is 133. The molecule has 0 saturated heterocycles. The Hall–Kier alpha value is -0.940. The van der Waals surface area contributed by atoms with Gasteiger partial charge in [-0.2, -0.15) is 15.4 Å². The van der Waals surface area contributed by atoms with Crippen LogP contribution in [-0.4, -0.2) is 15.4 Å². The van der Waals surface area contributed by atoms with Crippen molar-refractivity contribution < 1.29 is 0 Å². The fraction of sp³-hybridized carbons (Fsp3) is 0.333. The summed E-state index contributed by atoms with van der Waals surface area (Å²) >= 11 is 0. The van der Waals surface area contributed by atoms with E-state index in [1.54, 1.807) is 6.20 Å². The summed E-state index contributed by atoms with van der Waals surface area (Å²) in [5.74, 6) is 4.99. The maximum absolute atomic E-state index is 4.99. The molecule has 0 saturated carbocycles. The Morgan fingerprint density at radius 1 is 1.88 bits per heavy atom. The van der Waals surface area contributed by atoms with E-state index in [0.717, 1.165) is 5.69 Å². The van der Waals surface area contributed by atoms with Crippen molar-refractivity contribution in [2.24, 2.45) is 5.84 Å². The average Bonchev–Trinajstić information content (AvgIpc) is 2.19. The van der Waals surface area contributed by atoms with Crippen LogP contribution in [0.4, 0.5) is 0 Å². The molecule has 0 aliphatic rings. The van der Waals surface area contributed by atoms with Gasteiger partial charge in [-0.3, -0.25) is 11.3 Å². The van der Waals surface area contributed by atoms with Gasteiger partial charge in [0.25, 0.3) is 0 Å². The van der Waals surface area contributed by atoms with E-state index in [-0.39, 0.29) is 0 Å². The highest BCUT2D eigenvalue weighted by Gasteiger charge is 1.88. The molecule has 1 aromatic heterocycles. The monoisotopic (exact) mass is 113 g/mol. The van der Waals surface area contributed by atoms with Gasteiger partial charge in [-0.05, 0) is 0 Å². The zero-order chi connectivity index (χ0) is 5.82. The Labute approximate surface area is 46.2 Å². The van der Waals surface area contributed by atoms with Crippen LogP contribution in [0.15, 0.2) is 6.20 Å². The number of nitrogens with zero attached hydrogens (tertiary/aromatic N) is 2. The second-order valence-corrected chi connectivity index (χ2v) is 1.34. The smallest absolute Gasteiger partial charge is 0.0976 e. The van der Waals surface area contributed by atoms with Crippen LogP contribution in [0.1, 0.15) is 5.69 Å². The summed E-state index contributed by atoms with van der Waals surface area (Å²) < 4.78 is 0. The highest BCUT2D eigenvalue weighted by Crippen LogP contribution is 1.82. The molecule has 44 valence electrons. The molecule has 5 nitrogen and oxygen atoms in total. The molecule has 1 aromatic rings. The predicted molar refractivity (Wildman–Crippen MR) is 27.4 cm³/mol. The van der Waals surface area contributed by atoms with Gasteiger partial charge in [-0.25, -0.2) is 0 Å². The zero-order valence-electron chi connectivity index (χ0n) is 4.26. The number of nitrogens with two attached hydrogens (primary N) is 1. The Morgan fingerprint density at radius 2 is 2.75 bits per heavy atom. The number of nitrogens with one attached hydrogen (secondary N) is 2. The van der Waals surface area contributed by atoms with E-state index in [9.17, 15) is 0 Å². The van der Waals surface area contributed by atoms with E-state index in [4.69, 9.17) is 5.84 Å². The van der Waals surface area contributed by atoms with Gasteiger partial charge in [0.1, 0.15) is 0 Å². The first kappa shape index (κ1) is 5.20. The van der Waals surface area contributed by atoms with Crippen LogP contribution in [0, 0.1) is 0 Å². The fourth-order valence-electron chi connectivity index (χ4n) is 0.415. The van der Waals surface area contributed by atoms with Crippen molar-refractivity contribution in [3.63, 3.8) is 0 Å². The highest BCUT2D eigenvalue weighted by atomic mass is 15.3. The molecule has 0 radical (unpaired) electrons. The third kappa shape index (κ3) is 1.02. The van der Waals surface area contributed by atoms with Crippen LogP contribution in [0.5, 0.6) is 0 Å². The van der Waals surface area contributed by atoms with Crippen molar-refractivity contribution in [1.82, 2.24) is 20.8 Å². The van der Waals surface area contributed by atoms with Gasteiger partial charge >= 0.3 is 0 Å². The highest BCUT2D eigenvalue weighted by molar-refractivity contribution is 4.88. The molecular weight excluding hydrogens is 106 g/mol. The SMILES string of the molecule is NNCc1cn[nH]n1. The second kappa shape index (κ2) is 2.39. The van der Waals surface area contributed by atoms with Crippen molar-refractivity contribution in [1.29, 1.82) is 0 Å². The minimum Gasteiger partial charge on any atom is -0.271 e. The maximum atomic E-state index is 4.99. The van der Waals surface area contributed by atoms with E-state index in [1.165, 1.54) is 0 Å². The lowest BCUT2D eigenvalue weighted by atomic mass is 10.5. The molecule has 0 bridgehead atoms. The third-order valence-electron chi connectivity index (χ3n) is 0.748. The van der Waals surface area contributed by atoms with Gasteiger partial charge in [-0.15, -0.1) is 0 Å². The Morgan fingerprint density at radius 3 is 3.25 bits per heavy atom. The predicted octanol–water partition coefficient (Wildman–Crippen LogP) is -1.23. The van der Waals surface area contributed by atoms with Gasteiger partial charge in [0.2, 0.25) is 0 Å². The van der Waals surface area contributed by atoms with Crippen LogP contribution in [0.3, 0.4) is 0 Å². The maximum Gasteiger partial charge on any atom is 0.0976 e. The van der Waals surface area contributed by atoms with Gasteiger partial charge in [0, 0.05) is 0 Å². The minimum absolute atomic E-state index is 0.552. The van der Waals surface area contributed by atoms with Crippen molar-refractivity contribution in [3.05, 3.63) is 11.9 Å². The van der Waals surface area contributed by atoms with Crippen molar-refractivity contribution >= 4 is 0 Å². The summed E-state index contributed by atoms with van der Waals surface area (Å²) in [5, 5.41) is 9.76. The molecular formula is C3H7N5. The molecule has 4 N–H and O–H groups in total. The van der Waals surface area contributed by atoms with Gasteiger partial charge in [0.05, 0.1) is 18.4 Å². The summed E-state index contributed by atoms with van der Waals surface area (Å²) in [7, 11) is 0. The van der Waals surface area contributed by atoms with Gasteiger partial charge in [-0.1, -0.05) is 0 Å². The molecule has 1 heterocycles. The van der Waals surface area contributed by atoms with Crippen molar-refractivity contribution in [2.45, 2.75) is 6.54 Å². The fourth-order valence-corrected chi connectivity index (χ4v) is 0.415. The molecule has 0 aliphatic carbocycles. The van der Waals surface area contributed by atoms with Crippen molar-refractivity contribution in [3.8, 4) is 0 Å². The number of hydrazine groups is 1. The summed E-state index contributed by atoms with van der Waals surface area (Å²) in [6, 6.07) is 0. The summed E-state index contributed by atoms with van der Waals surface area (Å²) in [4.78, 5) is 0. The van der Waals surface area contributed by atoms with Crippen LogP contribution in [0.25, 0.3) is 0 Å². The summed E-state index contributed by atoms with van der Waals surface area (Å²) in [5.41, 5.74) is 3.26.